The number of hydrogen-bond donors (Lipinski definition) is 1. The number of pyridine rings is 1. The van der Waals surface area contributed by atoms with Gasteiger partial charge in [-0.25, -0.2) is 9.97 Å². The maximum Gasteiger partial charge on any atom is 0.162 e. The first-order valence-corrected chi connectivity index (χ1v) is 8.91. The second kappa shape index (κ2) is 7.35. The highest BCUT2D eigenvalue weighted by atomic mass is 15.1. The van der Waals surface area contributed by atoms with Gasteiger partial charge < -0.3 is 4.98 Å². The van der Waals surface area contributed by atoms with Crippen LogP contribution in [0.5, 0.6) is 0 Å². The molecule has 0 radical (unpaired) electrons. The van der Waals surface area contributed by atoms with Crippen molar-refractivity contribution >= 4 is 0 Å². The average Bonchev–Trinajstić information content (AvgIpc) is 3.22. The van der Waals surface area contributed by atoms with E-state index in [9.17, 15) is 0 Å². The fourth-order valence-corrected chi connectivity index (χ4v) is 3.17. The van der Waals surface area contributed by atoms with Crippen LogP contribution in [0.4, 0.5) is 0 Å². The van der Waals surface area contributed by atoms with E-state index in [4.69, 9.17) is 0 Å². The second-order valence-corrected chi connectivity index (χ2v) is 6.11. The van der Waals surface area contributed by atoms with Crippen molar-refractivity contribution in [1.82, 2.24) is 40.1 Å². The van der Waals surface area contributed by atoms with Gasteiger partial charge in [-0.1, -0.05) is 6.07 Å². The molecule has 0 spiro atoms. The lowest BCUT2D eigenvalue weighted by molar-refractivity contribution is 1.04. The van der Waals surface area contributed by atoms with Crippen LogP contribution in [0.1, 0.15) is 0 Å². The molecule has 0 aliphatic carbocycles. The number of nitrogens with zero attached hydrogens (tertiary/aromatic N) is 7. The highest BCUT2D eigenvalue weighted by Crippen LogP contribution is 2.43. The summed E-state index contributed by atoms with van der Waals surface area (Å²) in [5.41, 5.74) is 5.22. The van der Waals surface area contributed by atoms with Crippen molar-refractivity contribution in [2.45, 2.75) is 0 Å². The molecule has 1 N–H and O–H groups in total. The maximum absolute atomic E-state index is 4.52. The Kier molecular flexibility index (Phi) is 4.26. The zero-order valence-corrected chi connectivity index (χ0v) is 15.1. The van der Waals surface area contributed by atoms with Crippen molar-refractivity contribution in [3.05, 3.63) is 79.8 Å². The minimum absolute atomic E-state index is 0.548. The molecule has 138 valence electrons. The molecule has 0 aliphatic heterocycles. The van der Waals surface area contributed by atoms with Crippen molar-refractivity contribution in [1.29, 1.82) is 0 Å². The minimum Gasteiger partial charge on any atom is -0.351 e. The maximum atomic E-state index is 4.52. The minimum atomic E-state index is 0.548. The van der Waals surface area contributed by atoms with Gasteiger partial charge >= 0.3 is 0 Å². The molecular weight excluding hydrogens is 364 g/mol. The summed E-state index contributed by atoms with van der Waals surface area (Å²) in [6, 6.07) is 11.3. The molecule has 0 unspecified atom stereocenters. The smallest absolute Gasteiger partial charge is 0.162 e. The Morgan fingerprint density at radius 3 is 2.10 bits per heavy atom. The van der Waals surface area contributed by atoms with E-state index in [1.54, 1.807) is 49.4 Å². The van der Waals surface area contributed by atoms with Crippen LogP contribution in [0.2, 0.25) is 0 Å². The van der Waals surface area contributed by atoms with E-state index in [2.05, 4.69) is 40.1 Å². The Morgan fingerprint density at radius 1 is 0.586 bits per heavy atom. The molecule has 0 amide bonds. The summed E-state index contributed by atoms with van der Waals surface area (Å²) in [6.07, 6.45) is 11.8. The SMILES string of the molecule is c1ccc(-c2[nH]c(-c3cnccn3)c(-c3ncccn3)c2-c2cccnn2)nc1. The Hall–Kier alpha value is -4.33. The molecule has 0 aromatic carbocycles. The zero-order chi connectivity index (χ0) is 19.5. The fraction of sp³-hybridized carbons (Fsp3) is 0. The summed E-state index contributed by atoms with van der Waals surface area (Å²) in [5, 5.41) is 8.40. The lowest BCUT2D eigenvalue weighted by Crippen LogP contribution is -1.94. The van der Waals surface area contributed by atoms with E-state index in [0.717, 1.165) is 28.2 Å². The van der Waals surface area contributed by atoms with Crippen LogP contribution in [0, 0.1) is 0 Å². The molecule has 0 aliphatic rings. The summed E-state index contributed by atoms with van der Waals surface area (Å²) in [4.78, 5) is 25.6. The molecule has 5 aromatic rings. The van der Waals surface area contributed by atoms with Crippen LogP contribution >= 0.6 is 0 Å². The molecule has 0 fully saturated rings. The monoisotopic (exact) mass is 378 g/mol. The van der Waals surface area contributed by atoms with E-state index >= 15 is 0 Å². The van der Waals surface area contributed by atoms with Crippen molar-refractivity contribution < 1.29 is 0 Å². The Morgan fingerprint density at radius 2 is 1.38 bits per heavy atom. The quantitative estimate of drug-likeness (QED) is 0.510. The van der Waals surface area contributed by atoms with Gasteiger partial charge in [-0.3, -0.25) is 15.0 Å². The molecule has 5 aromatic heterocycles. The number of nitrogens with one attached hydrogen (secondary N) is 1. The number of aromatic amines is 1. The molecule has 0 atom stereocenters. The number of hydrogen-bond acceptors (Lipinski definition) is 7. The lowest BCUT2D eigenvalue weighted by atomic mass is 10.0. The predicted octanol–water partition coefficient (Wildman–Crippen LogP) is 3.45. The van der Waals surface area contributed by atoms with E-state index in [1.807, 2.05) is 30.3 Å². The standard InChI is InChI=1S/C21H14N8/c1-2-7-23-15(5-1)19-17(14-6-3-10-27-29-14)18(21-25-8-4-9-26-21)20(28-19)16-13-22-11-12-24-16/h1-13,28H. The summed E-state index contributed by atoms with van der Waals surface area (Å²) < 4.78 is 0. The summed E-state index contributed by atoms with van der Waals surface area (Å²) >= 11 is 0. The Balaban J connectivity index is 1.89. The highest BCUT2D eigenvalue weighted by molar-refractivity contribution is 5.97. The molecule has 5 rings (SSSR count). The molecule has 8 heteroatoms. The van der Waals surface area contributed by atoms with Gasteiger partial charge in [0.15, 0.2) is 5.82 Å². The van der Waals surface area contributed by atoms with Crippen LogP contribution < -0.4 is 0 Å². The van der Waals surface area contributed by atoms with Gasteiger partial charge in [-0.05, 0) is 30.3 Å². The Bertz CT molecular complexity index is 1130. The second-order valence-electron chi connectivity index (χ2n) is 6.11. The van der Waals surface area contributed by atoms with Gasteiger partial charge in [0.25, 0.3) is 0 Å². The van der Waals surface area contributed by atoms with E-state index in [0.29, 0.717) is 17.2 Å². The number of H-pyrrole nitrogens is 1. The fourth-order valence-electron chi connectivity index (χ4n) is 3.17. The van der Waals surface area contributed by atoms with Gasteiger partial charge in [-0.15, -0.1) is 0 Å². The summed E-state index contributed by atoms with van der Waals surface area (Å²) in [6.45, 7) is 0. The predicted molar refractivity (Wildman–Crippen MR) is 107 cm³/mol. The van der Waals surface area contributed by atoms with Crippen LogP contribution in [-0.4, -0.2) is 40.1 Å². The normalized spacial score (nSPS) is 10.8. The third-order valence-electron chi connectivity index (χ3n) is 4.36. The van der Waals surface area contributed by atoms with Crippen molar-refractivity contribution in [2.75, 3.05) is 0 Å². The van der Waals surface area contributed by atoms with Crippen molar-refractivity contribution in [3.63, 3.8) is 0 Å². The Labute approximate surface area is 165 Å². The van der Waals surface area contributed by atoms with E-state index in [-0.39, 0.29) is 0 Å². The van der Waals surface area contributed by atoms with Gasteiger partial charge in [0, 0.05) is 42.7 Å². The van der Waals surface area contributed by atoms with Crippen molar-refractivity contribution in [3.8, 4) is 45.4 Å². The molecule has 0 saturated heterocycles. The summed E-state index contributed by atoms with van der Waals surface area (Å²) in [5.74, 6) is 0.548. The highest BCUT2D eigenvalue weighted by Gasteiger charge is 2.26. The van der Waals surface area contributed by atoms with Crippen LogP contribution in [0.3, 0.4) is 0 Å². The van der Waals surface area contributed by atoms with Gasteiger partial charge in [0.05, 0.1) is 34.5 Å². The number of aromatic nitrogens is 8. The topological polar surface area (TPSA) is 106 Å². The van der Waals surface area contributed by atoms with Gasteiger partial charge in [0.1, 0.15) is 5.69 Å². The first kappa shape index (κ1) is 16.8. The average molecular weight is 378 g/mol. The lowest BCUT2D eigenvalue weighted by Gasteiger charge is -2.06. The number of rotatable bonds is 4. The molecule has 8 nitrogen and oxygen atoms in total. The molecule has 0 saturated carbocycles. The van der Waals surface area contributed by atoms with E-state index in [1.165, 1.54) is 0 Å². The van der Waals surface area contributed by atoms with Crippen molar-refractivity contribution in [2.24, 2.45) is 0 Å². The molecular formula is C21H14N8. The first-order valence-electron chi connectivity index (χ1n) is 8.91. The molecule has 0 bridgehead atoms. The largest absolute Gasteiger partial charge is 0.351 e. The van der Waals surface area contributed by atoms with Crippen LogP contribution in [-0.2, 0) is 0 Å². The van der Waals surface area contributed by atoms with Gasteiger partial charge in [0.2, 0.25) is 0 Å². The summed E-state index contributed by atoms with van der Waals surface area (Å²) in [7, 11) is 0. The first-order chi connectivity index (χ1) is 14.4. The molecule has 29 heavy (non-hydrogen) atoms. The zero-order valence-electron chi connectivity index (χ0n) is 15.1. The third kappa shape index (κ3) is 3.12. The van der Waals surface area contributed by atoms with E-state index < -0.39 is 0 Å². The molecule has 5 heterocycles. The third-order valence-corrected chi connectivity index (χ3v) is 4.36. The van der Waals surface area contributed by atoms with Gasteiger partial charge in [-0.2, -0.15) is 10.2 Å². The van der Waals surface area contributed by atoms with Crippen LogP contribution in [0.25, 0.3) is 45.4 Å². The van der Waals surface area contributed by atoms with Crippen LogP contribution in [0.15, 0.2) is 79.8 Å².